The molecule has 0 spiro atoms. The molecule has 1 aliphatic rings. The minimum Gasteiger partial charge on any atom is -0.444 e. The normalized spacial score (nSPS) is 20.5. The Labute approximate surface area is 158 Å². The van der Waals surface area contributed by atoms with Crippen LogP contribution in [-0.2, 0) is 16.2 Å². The minimum absolute atomic E-state index is 0.00983. The molecule has 8 nitrogen and oxygen atoms in total. The van der Waals surface area contributed by atoms with Crippen LogP contribution in [0.25, 0.3) is 0 Å². The number of piperidine rings is 1. The number of rotatable bonds is 5. The number of nitrogens with one attached hydrogen (secondary N) is 1. The van der Waals surface area contributed by atoms with Crippen LogP contribution in [0.5, 0.6) is 0 Å². The van der Waals surface area contributed by atoms with E-state index in [2.05, 4.69) is 15.6 Å². The number of aromatic nitrogens is 2. The summed E-state index contributed by atoms with van der Waals surface area (Å²) in [5, 5.41) is 3.91. The molecule has 2 heterocycles. The van der Waals surface area contributed by atoms with Crippen LogP contribution in [0.15, 0.2) is 41.2 Å². The second-order valence-corrected chi connectivity index (χ2v) is 7.60. The van der Waals surface area contributed by atoms with E-state index in [9.17, 15) is 4.79 Å². The van der Waals surface area contributed by atoms with Crippen LogP contribution in [0.2, 0.25) is 0 Å². The molecule has 0 radical (unpaired) electrons. The lowest BCUT2D eigenvalue weighted by Crippen LogP contribution is -2.50. The number of carbonyl (C=O) groups is 1. The van der Waals surface area contributed by atoms with Crippen molar-refractivity contribution in [3.8, 4) is 0 Å². The van der Waals surface area contributed by atoms with Gasteiger partial charge in [-0.25, -0.2) is 4.79 Å². The highest BCUT2D eigenvalue weighted by Crippen LogP contribution is 2.30. The van der Waals surface area contributed by atoms with Crippen molar-refractivity contribution in [1.29, 1.82) is 0 Å². The Balaban J connectivity index is 1.61. The highest BCUT2D eigenvalue weighted by atomic mass is 16.6. The fourth-order valence-electron chi connectivity index (χ4n) is 3.00. The average molecular weight is 374 g/mol. The fraction of sp³-hybridized carbons (Fsp3) is 0.526. The van der Waals surface area contributed by atoms with Gasteiger partial charge in [-0.3, -0.25) is 9.74 Å². The molecule has 3 rings (SSSR count). The molecule has 1 amide bonds. The molecule has 146 valence electrons. The molecule has 1 saturated heterocycles. The first-order valence-electron chi connectivity index (χ1n) is 9.09. The zero-order valence-electron chi connectivity index (χ0n) is 15.9. The van der Waals surface area contributed by atoms with E-state index in [-0.39, 0.29) is 12.1 Å². The van der Waals surface area contributed by atoms with Gasteiger partial charge >= 0.3 is 6.09 Å². The quantitative estimate of drug-likeness (QED) is 0.804. The number of hydrogen-bond donors (Lipinski definition) is 1. The van der Waals surface area contributed by atoms with E-state index in [1.807, 2.05) is 51.1 Å². The van der Waals surface area contributed by atoms with Gasteiger partial charge in [-0.2, -0.15) is 10.5 Å². The van der Waals surface area contributed by atoms with Gasteiger partial charge in [-0.05, 0) is 39.2 Å². The van der Waals surface area contributed by atoms with Crippen molar-refractivity contribution >= 4 is 6.09 Å². The maximum atomic E-state index is 12.7. The first-order chi connectivity index (χ1) is 12.9. The highest BCUT2D eigenvalue weighted by Gasteiger charge is 2.37. The third-order valence-corrected chi connectivity index (χ3v) is 4.22. The van der Waals surface area contributed by atoms with Crippen molar-refractivity contribution < 1.29 is 18.9 Å². The van der Waals surface area contributed by atoms with Crippen LogP contribution in [0.4, 0.5) is 4.79 Å². The summed E-state index contributed by atoms with van der Waals surface area (Å²) in [6, 6.07) is 9.63. The molecule has 0 aliphatic carbocycles. The fourth-order valence-corrected chi connectivity index (χ4v) is 3.00. The van der Waals surface area contributed by atoms with Gasteiger partial charge in [-0.15, -0.1) is 0 Å². The Morgan fingerprint density at radius 1 is 1.30 bits per heavy atom. The molecule has 2 atom stereocenters. The van der Waals surface area contributed by atoms with E-state index in [1.54, 1.807) is 4.90 Å². The molecule has 27 heavy (non-hydrogen) atoms. The molecule has 1 fully saturated rings. The van der Waals surface area contributed by atoms with Gasteiger partial charge in [0.15, 0.2) is 5.82 Å². The number of hydroxylamine groups is 1. The predicted octanol–water partition coefficient (Wildman–Crippen LogP) is 3.23. The molecule has 0 saturated carbocycles. The van der Waals surface area contributed by atoms with Crippen molar-refractivity contribution in [2.24, 2.45) is 0 Å². The average Bonchev–Trinajstić information content (AvgIpc) is 3.15. The van der Waals surface area contributed by atoms with Gasteiger partial charge in [0.05, 0.1) is 18.7 Å². The molecular formula is C19H26N4O4. The van der Waals surface area contributed by atoms with E-state index in [1.165, 1.54) is 6.39 Å². The third kappa shape index (κ3) is 5.51. The van der Waals surface area contributed by atoms with Crippen LogP contribution < -0.4 is 5.48 Å². The van der Waals surface area contributed by atoms with E-state index < -0.39 is 11.7 Å². The Morgan fingerprint density at radius 3 is 2.74 bits per heavy atom. The number of carbonyl (C=O) groups excluding carboxylic acids is 1. The van der Waals surface area contributed by atoms with Crippen molar-refractivity contribution in [2.75, 3.05) is 6.54 Å². The van der Waals surface area contributed by atoms with E-state index in [0.717, 1.165) is 12.0 Å². The van der Waals surface area contributed by atoms with Crippen LogP contribution >= 0.6 is 0 Å². The van der Waals surface area contributed by atoms with Crippen LogP contribution in [0.1, 0.15) is 51.0 Å². The Bertz CT molecular complexity index is 715. The van der Waals surface area contributed by atoms with Crippen molar-refractivity contribution in [3.05, 3.63) is 48.1 Å². The summed E-state index contributed by atoms with van der Waals surface area (Å²) in [6.45, 7) is 6.42. The summed E-state index contributed by atoms with van der Waals surface area (Å²) in [4.78, 5) is 24.1. The molecule has 1 aromatic heterocycles. The standard InChI is InChI=1S/C19H26N4O4/c1-19(2,3)27-18(24)23-11-15(9-10-16(23)17-20-13-26-22-17)21-25-12-14-7-5-4-6-8-14/h4-8,13,15-16,21H,9-12H2,1-3H3. The predicted molar refractivity (Wildman–Crippen MR) is 97.4 cm³/mol. The summed E-state index contributed by atoms with van der Waals surface area (Å²) in [7, 11) is 0. The summed E-state index contributed by atoms with van der Waals surface area (Å²) in [6.07, 6.45) is 2.38. The number of hydrogen-bond acceptors (Lipinski definition) is 7. The van der Waals surface area contributed by atoms with Crippen molar-refractivity contribution in [2.45, 2.75) is 57.9 Å². The summed E-state index contributed by atoms with van der Waals surface area (Å²) >= 11 is 0. The lowest BCUT2D eigenvalue weighted by molar-refractivity contribution is -0.0346. The second-order valence-electron chi connectivity index (χ2n) is 7.60. The molecule has 1 aliphatic heterocycles. The molecular weight excluding hydrogens is 348 g/mol. The third-order valence-electron chi connectivity index (χ3n) is 4.22. The number of ether oxygens (including phenoxy) is 1. The van der Waals surface area contributed by atoms with Gasteiger partial charge in [0, 0.05) is 6.54 Å². The summed E-state index contributed by atoms with van der Waals surface area (Å²) in [5.41, 5.74) is 3.57. The lowest BCUT2D eigenvalue weighted by atomic mass is 9.98. The monoisotopic (exact) mass is 374 g/mol. The number of benzene rings is 1. The maximum absolute atomic E-state index is 12.7. The van der Waals surface area contributed by atoms with Gasteiger partial charge in [0.25, 0.3) is 0 Å². The molecule has 2 aromatic rings. The zero-order chi connectivity index (χ0) is 19.3. The Morgan fingerprint density at radius 2 is 2.07 bits per heavy atom. The molecule has 2 unspecified atom stereocenters. The van der Waals surface area contributed by atoms with Gasteiger partial charge in [0.2, 0.25) is 6.39 Å². The zero-order valence-corrected chi connectivity index (χ0v) is 15.9. The number of nitrogens with zero attached hydrogens (tertiary/aromatic N) is 3. The van der Waals surface area contributed by atoms with Crippen LogP contribution in [0, 0.1) is 0 Å². The molecule has 0 bridgehead atoms. The smallest absolute Gasteiger partial charge is 0.410 e. The van der Waals surface area contributed by atoms with E-state index in [0.29, 0.717) is 25.4 Å². The van der Waals surface area contributed by atoms with Crippen LogP contribution in [-0.4, -0.2) is 39.3 Å². The van der Waals surface area contributed by atoms with Crippen LogP contribution in [0.3, 0.4) is 0 Å². The molecule has 8 heteroatoms. The summed E-state index contributed by atoms with van der Waals surface area (Å²) < 4.78 is 10.4. The Kier molecular flexibility index (Phi) is 6.08. The topological polar surface area (TPSA) is 89.7 Å². The molecule has 1 aromatic carbocycles. The first-order valence-corrected chi connectivity index (χ1v) is 9.09. The first kappa shape index (κ1) is 19.3. The number of likely N-dealkylation sites (tertiary alicyclic amines) is 1. The second kappa shape index (κ2) is 8.49. The largest absolute Gasteiger partial charge is 0.444 e. The van der Waals surface area contributed by atoms with E-state index in [4.69, 9.17) is 14.1 Å². The maximum Gasteiger partial charge on any atom is 0.410 e. The SMILES string of the molecule is CC(C)(C)OC(=O)N1CC(NOCc2ccccc2)CCC1c1ncon1. The minimum atomic E-state index is -0.580. The van der Waals surface area contributed by atoms with Gasteiger partial charge < -0.3 is 9.26 Å². The Hall–Kier alpha value is -2.45. The number of amides is 1. The van der Waals surface area contributed by atoms with Crippen molar-refractivity contribution in [1.82, 2.24) is 20.5 Å². The van der Waals surface area contributed by atoms with Gasteiger partial charge in [0.1, 0.15) is 5.60 Å². The molecule has 1 N–H and O–H groups in total. The van der Waals surface area contributed by atoms with E-state index >= 15 is 0 Å². The lowest BCUT2D eigenvalue weighted by Gasteiger charge is -2.38. The van der Waals surface area contributed by atoms with Gasteiger partial charge in [-0.1, -0.05) is 35.5 Å². The highest BCUT2D eigenvalue weighted by molar-refractivity contribution is 5.69. The van der Waals surface area contributed by atoms with Crippen molar-refractivity contribution in [3.63, 3.8) is 0 Å². The summed E-state index contributed by atoms with van der Waals surface area (Å²) in [5.74, 6) is 0.490.